The van der Waals surface area contributed by atoms with E-state index in [4.69, 9.17) is 4.74 Å². The van der Waals surface area contributed by atoms with Crippen LogP contribution in [0.25, 0.3) is 0 Å². The summed E-state index contributed by atoms with van der Waals surface area (Å²) in [6.45, 7) is 9.45. The number of rotatable bonds is 2. The van der Waals surface area contributed by atoms with Crippen LogP contribution < -0.4 is 5.32 Å². The maximum Gasteiger partial charge on any atom is 0.114 e. The molecule has 1 aromatic rings. The molecule has 1 aliphatic heterocycles. The quantitative estimate of drug-likeness (QED) is 0.824. The average molecular weight is 219 g/mol. The van der Waals surface area contributed by atoms with Crippen LogP contribution in [0.2, 0.25) is 0 Å². The molecule has 0 amide bonds. The van der Waals surface area contributed by atoms with Crippen LogP contribution in [0.1, 0.15) is 50.8 Å². The summed E-state index contributed by atoms with van der Waals surface area (Å²) in [5, 5.41) is 3.36. The lowest BCUT2D eigenvalue weighted by Crippen LogP contribution is -2.33. The van der Waals surface area contributed by atoms with E-state index in [9.17, 15) is 0 Å². The molecule has 88 valence electrons. The van der Waals surface area contributed by atoms with Crippen molar-refractivity contribution in [1.82, 2.24) is 5.32 Å². The molecule has 1 saturated heterocycles. The third kappa shape index (κ3) is 2.45. The number of ether oxygens (including phenoxy) is 1. The summed E-state index contributed by atoms with van der Waals surface area (Å²) in [5.74, 6) is 0.591. The third-order valence-electron chi connectivity index (χ3n) is 3.12. The topological polar surface area (TPSA) is 21.3 Å². The molecule has 0 saturated carbocycles. The zero-order chi connectivity index (χ0) is 11.8. The van der Waals surface area contributed by atoms with Crippen LogP contribution in [0.5, 0.6) is 0 Å². The predicted octanol–water partition coefficient (Wildman–Crippen LogP) is 3.21. The van der Waals surface area contributed by atoms with Crippen LogP contribution in [-0.4, -0.2) is 12.3 Å². The molecule has 0 bridgehead atoms. The fraction of sp³-hybridized carbons (Fsp3) is 0.571. The number of hydrogen-bond donors (Lipinski definition) is 1. The van der Waals surface area contributed by atoms with Crippen molar-refractivity contribution in [1.29, 1.82) is 0 Å². The maximum absolute atomic E-state index is 5.92. The molecule has 1 aromatic carbocycles. The van der Waals surface area contributed by atoms with Gasteiger partial charge in [-0.25, -0.2) is 0 Å². The number of nitrogens with one attached hydrogen (secondary N) is 1. The fourth-order valence-corrected chi connectivity index (χ4v) is 2.06. The largest absolute Gasteiger partial charge is 0.352 e. The van der Waals surface area contributed by atoms with Crippen LogP contribution >= 0.6 is 0 Å². The summed E-state index contributed by atoms with van der Waals surface area (Å²) < 4.78 is 5.92. The van der Waals surface area contributed by atoms with E-state index in [1.165, 1.54) is 11.1 Å². The summed E-state index contributed by atoms with van der Waals surface area (Å²) in [6.07, 6.45) is 0.191. The van der Waals surface area contributed by atoms with Gasteiger partial charge < -0.3 is 4.74 Å². The predicted molar refractivity (Wildman–Crippen MR) is 66.4 cm³/mol. The zero-order valence-electron chi connectivity index (χ0n) is 10.6. The first-order valence-corrected chi connectivity index (χ1v) is 6.01. The molecule has 2 heteroatoms. The van der Waals surface area contributed by atoms with Crippen molar-refractivity contribution in [3.63, 3.8) is 0 Å². The van der Waals surface area contributed by atoms with E-state index in [2.05, 4.69) is 57.3 Å². The molecule has 0 aromatic heterocycles. The molecule has 0 spiro atoms. The SMILES string of the molecule is CC(C)c1ccc(C2CNC(C)(C)O2)cc1. The van der Waals surface area contributed by atoms with Crippen LogP contribution in [0.15, 0.2) is 24.3 Å². The Morgan fingerprint density at radius 1 is 1.25 bits per heavy atom. The minimum atomic E-state index is -0.193. The molecule has 2 rings (SSSR count). The van der Waals surface area contributed by atoms with Gasteiger partial charge in [-0.3, -0.25) is 5.32 Å². The van der Waals surface area contributed by atoms with Gasteiger partial charge >= 0.3 is 0 Å². The monoisotopic (exact) mass is 219 g/mol. The van der Waals surface area contributed by atoms with Gasteiger partial charge in [0.25, 0.3) is 0 Å². The van der Waals surface area contributed by atoms with E-state index < -0.39 is 0 Å². The van der Waals surface area contributed by atoms with Crippen molar-refractivity contribution in [2.24, 2.45) is 0 Å². The van der Waals surface area contributed by atoms with Gasteiger partial charge in [-0.05, 0) is 30.9 Å². The Balaban J connectivity index is 2.11. The molecule has 16 heavy (non-hydrogen) atoms. The van der Waals surface area contributed by atoms with Gasteiger partial charge in [0, 0.05) is 6.54 Å². The summed E-state index contributed by atoms with van der Waals surface area (Å²) in [5.41, 5.74) is 2.46. The first-order valence-electron chi connectivity index (χ1n) is 6.01. The molecule has 1 heterocycles. The lowest BCUT2D eigenvalue weighted by Gasteiger charge is -2.19. The molecular formula is C14H21NO. The lowest BCUT2D eigenvalue weighted by atomic mass is 10.00. The zero-order valence-corrected chi connectivity index (χ0v) is 10.6. The second-order valence-corrected chi connectivity index (χ2v) is 5.32. The molecule has 1 fully saturated rings. The minimum absolute atomic E-state index is 0.191. The standard InChI is InChI=1S/C14H21NO/c1-10(2)11-5-7-12(8-6-11)13-9-15-14(3,4)16-13/h5-8,10,13,15H,9H2,1-4H3. The van der Waals surface area contributed by atoms with Gasteiger partial charge in [-0.1, -0.05) is 38.1 Å². The summed E-state index contributed by atoms with van der Waals surface area (Å²) in [4.78, 5) is 0. The first-order chi connectivity index (χ1) is 7.48. The molecule has 0 aliphatic carbocycles. The normalized spacial score (nSPS) is 23.9. The Morgan fingerprint density at radius 2 is 1.88 bits per heavy atom. The fourth-order valence-electron chi connectivity index (χ4n) is 2.06. The molecule has 2 nitrogen and oxygen atoms in total. The molecule has 1 aliphatic rings. The van der Waals surface area contributed by atoms with E-state index in [1.54, 1.807) is 0 Å². The van der Waals surface area contributed by atoms with Crippen molar-refractivity contribution in [3.8, 4) is 0 Å². The molecule has 1 N–H and O–H groups in total. The number of hydrogen-bond acceptors (Lipinski definition) is 2. The summed E-state index contributed by atoms with van der Waals surface area (Å²) in [7, 11) is 0. The highest BCUT2D eigenvalue weighted by Crippen LogP contribution is 2.28. The third-order valence-corrected chi connectivity index (χ3v) is 3.12. The van der Waals surface area contributed by atoms with E-state index >= 15 is 0 Å². The van der Waals surface area contributed by atoms with Gasteiger partial charge in [0.2, 0.25) is 0 Å². The highest BCUT2D eigenvalue weighted by Gasteiger charge is 2.31. The maximum atomic E-state index is 5.92. The van der Waals surface area contributed by atoms with Crippen molar-refractivity contribution in [2.75, 3.05) is 6.54 Å². The molecule has 0 radical (unpaired) electrons. The molecule has 1 unspecified atom stereocenters. The second kappa shape index (κ2) is 4.19. The number of benzene rings is 1. The van der Waals surface area contributed by atoms with Crippen molar-refractivity contribution < 1.29 is 4.74 Å². The Bertz CT molecular complexity index is 354. The average Bonchev–Trinajstić information content (AvgIpc) is 2.59. The van der Waals surface area contributed by atoms with Gasteiger partial charge in [0.1, 0.15) is 5.72 Å². The summed E-state index contributed by atoms with van der Waals surface area (Å²) >= 11 is 0. The Labute approximate surface area is 98.0 Å². The van der Waals surface area contributed by atoms with Crippen molar-refractivity contribution in [3.05, 3.63) is 35.4 Å². The van der Waals surface area contributed by atoms with Crippen molar-refractivity contribution >= 4 is 0 Å². The van der Waals surface area contributed by atoms with Crippen LogP contribution in [0, 0.1) is 0 Å². The molecule has 1 atom stereocenters. The van der Waals surface area contributed by atoms with E-state index in [0.717, 1.165) is 6.54 Å². The lowest BCUT2D eigenvalue weighted by molar-refractivity contribution is -0.0241. The molecular weight excluding hydrogens is 198 g/mol. The van der Waals surface area contributed by atoms with E-state index in [-0.39, 0.29) is 11.8 Å². The highest BCUT2D eigenvalue weighted by atomic mass is 16.5. The smallest absolute Gasteiger partial charge is 0.114 e. The Morgan fingerprint density at radius 3 is 2.31 bits per heavy atom. The van der Waals surface area contributed by atoms with Crippen molar-refractivity contribution in [2.45, 2.75) is 45.4 Å². The second-order valence-electron chi connectivity index (χ2n) is 5.32. The van der Waals surface area contributed by atoms with Gasteiger partial charge in [0.15, 0.2) is 0 Å². The summed E-state index contributed by atoms with van der Waals surface area (Å²) in [6, 6.07) is 8.77. The van der Waals surface area contributed by atoms with Gasteiger partial charge in [-0.15, -0.1) is 0 Å². The van der Waals surface area contributed by atoms with E-state index in [1.807, 2.05) is 0 Å². The van der Waals surface area contributed by atoms with E-state index in [0.29, 0.717) is 5.92 Å². The van der Waals surface area contributed by atoms with Crippen LogP contribution in [-0.2, 0) is 4.74 Å². The van der Waals surface area contributed by atoms with Gasteiger partial charge in [0.05, 0.1) is 6.10 Å². The minimum Gasteiger partial charge on any atom is -0.352 e. The van der Waals surface area contributed by atoms with Crippen LogP contribution in [0.4, 0.5) is 0 Å². The van der Waals surface area contributed by atoms with Crippen LogP contribution in [0.3, 0.4) is 0 Å². The first kappa shape index (κ1) is 11.6. The van der Waals surface area contributed by atoms with Gasteiger partial charge in [-0.2, -0.15) is 0 Å². The Hall–Kier alpha value is -0.860. The Kier molecular flexibility index (Phi) is 3.04. The highest BCUT2D eigenvalue weighted by molar-refractivity contribution is 5.27.